The lowest BCUT2D eigenvalue weighted by molar-refractivity contribution is -0.384. The van der Waals surface area contributed by atoms with Crippen LogP contribution in [0.1, 0.15) is 45.1 Å². The summed E-state index contributed by atoms with van der Waals surface area (Å²) in [5, 5.41) is 16.1. The zero-order valence-corrected chi connectivity index (χ0v) is 21.9. The molecule has 2 heterocycles. The topological polar surface area (TPSA) is 81.3 Å². The number of unbranched alkanes of at least 4 members (excludes halogenated alkanes) is 1. The van der Waals surface area contributed by atoms with Gasteiger partial charge in [-0.1, -0.05) is 87.4 Å². The van der Waals surface area contributed by atoms with E-state index >= 15 is 0 Å². The SMILES string of the molecule is CCCC[C@H](CC)CN1C(=O)/C(=C/c2cn(-c3ccccc3)nc2-c2cccc([N+](=O)[O-])c2)SC1=S. The summed E-state index contributed by atoms with van der Waals surface area (Å²) >= 11 is 6.87. The van der Waals surface area contributed by atoms with E-state index in [1.54, 1.807) is 27.8 Å². The van der Waals surface area contributed by atoms with Crippen LogP contribution in [-0.2, 0) is 4.79 Å². The Morgan fingerprint density at radius 3 is 2.64 bits per heavy atom. The third kappa shape index (κ3) is 5.74. The lowest BCUT2D eigenvalue weighted by Crippen LogP contribution is -2.33. The molecule has 186 valence electrons. The Morgan fingerprint density at radius 1 is 1.17 bits per heavy atom. The number of hydrogen-bond donors (Lipinski definition) is 0. The number of aromatic nitrogens is 2. The maximum atomic E-state index is 13.3. The van der Waals surface area contributed by atoms with Gasteiger partial charge in [-0.15, -0.1) is 0 Å². The first-order chi connectivity index (χ1) is 17.4. The van der Waals surface area contributed by atoms with E-state index in [1.165, 1.54) is 23.9 Å². The van der Waals surface area contributed by atoms with Crippen molar-refractivity contribution in [2.75, 3.05) is 6.54 Å². The van der Waals surface area contributed by atoms with Gasteiger partial charge in [0.15, 0.2) is 0 Å². The van der Waals surface area contributed by atoms with Crippen molar-refractivity contribution in [2.45, 2.75) is 39.5 Å². The molecular formula is C27H28N4O3S2. The van der Waals surface area contributed by atoms with Crippen molar-refractivity contribution in [3.8, 4) is 16.9 Å². The summed E-state index contributed by atoms with van der Waals surface area (Å²) in [5.41, 5.74) is 2.68. The molecule has 0 unspecified atom stereocenters. The fraction of sp³-hybridized carbons (Fsp3) is 0.296. The molecule has 1 aromatic heterocycles. The van der Waals surface area contributed by atoms with Crippen LogP contribution >= 0.6 is 24.0 Å². The van der Waals surface area contributed by atoms with Crippen molar-refractivity contribution in [1.29, 1.82) is 0 Å². The number of nitro benzene ring substituents is 1. The second-order valence-electron chi connectivity index (χ2n) is 8.73. The summed E-state index contributed by atoms with van der Waals surface area (Å²) < 4.78 is 2.28. The number of rotatable bonds is 10. The first kappa shape index (κ1) is 25.8. The predicted octanol–water partition coefficient (Wildman–Crippen LogP) is 6.87. The minimum atomic E-state index is -0.425. The Balaban J connectivity index is 1.71. The van der Waals surface area contributed by atoms with E-state index in [4.69, 9.17) is 17.3 Å². The number of thiocarbonyl (C=S) groups is 1. The number of benzene rings is 2. The minimum Gasteiger partial charge on any atom is -0.293 e. The molecule has 0 radical (unpaired) electrons. The first-order valence-electron chi connectivity index (χ1n) is 12.1. The van der Waals surface area contributed by atoms with E-state index in [2.05, 4.69) is 13.8 Å². The van der Waals surface area contributed by atoms with E-state index in [9.17, 15) is 14.9 Å². The van der Waals surface area contributed by atoms with Gasteiger partial charge >= 0.3 is 0 Å². The molecule has 36 heavy (non-hydrogen) atoms. The smallest absolute Gasteiger partial charge is 0.270 e. The summed E-state index contributed by atoms with van der Waals surface area (Å²) in [6, 6.07) is 16.0. The van der Waals surface area contributed by atoms with Gasteiger partial charge in [-0.25, -0.2) is 4.68 Å². The number of nitro groups is 1. The van der Waals surface area contributed by atoms with Crippen LogP contribution in [-0.4, -0.2) is 36.4 Å². The number of non-ortho nitro benzene ring substituents is 1. The molecule has 3 aromatic rings. The molecule has 1 amide bonds. The molecule has 4 rings (SSSR count). The quantitative estimate of drug-likeness (QED) is 0.126. The maximum absolute atomic E-state index is 13.3. The largest absolute Gasteiger partial charge is 0.293 e. The van der Waals surface area contributed by atoms with E-state index in [0.29, 0.717) is 38.5 Å². The minimum absolute atomic E-state index is 0.0169. The van der Waals surface area contributed by atoms with Crippen molar-refractivity contribution in [3.05, 3.63) is 81.4 Å². The van der Waals surface area contributed by atoms with Crippen molar-refractivity contribution in [1.82, 2.24) is 14.7 Å². The van der Waals surface area contributed by atoms with E-state index in [1.807, 2.05) is 36.5 Å². The molecule has 0 N–H and O–H groups in total. The Kier molecular flexibility index (Phi) is 8.32. The van der Waals surface area contributed by atoms with Crippen LogP contribution in [0.5, 0.6) is 0 Å². The summed E-state index contributed by atoms with van der Waals surface area (Å²) in [4.78, 5) is 26.5. The van der Waals surface area contributed by atoms with Gasteiger partial charge in [-0.3, -0.25) is 19.8 Å². The number of nitrogens with zero attached hydrogens (tertiary/aromatic N) is 4. The molecular weight excluding hydrogens is 492 g/mol. The molecule has 0 spiro atoms. The molecule has 0 bridgehead atoms. The van der Waals surface area contributed by atoms with Gasteiger partial charge in [0.25, 0.3) is 11.6 Å². The Morgan fingerprint density at radius 2 is 1.94 bits per heavy atom. The van der Waals surface area contributed by atoms with Crippen LogP contribution in [0.15, 0.2) is 65.7 Å². The van der Waals surface area contributed by atoms with Crippen LogP contribution in [0.4, 0.5) is 5.69 Å². The van der Waals surface area contributed by atoms with Gasteiger partial charge in [-0.2, -0.15) is 5.10 Å². The van der Waals surface area contributed by atoms with Gasteiger partial charge in [0.05, 0.1) is 15.5 Å². The maximum Gasteiger partial charge on any atom is 0.270 e. The van der Waals surface area contributed by atoms with Crippen LogP contribution in [0.3, 0.4) is 0 Å². The molecule has 1 aliphatic heterocycles. The highest BCUT2D eigenvalue weighted by Crippen LogP contribution is 2.36. The summed E-state index contributed by atoms with van der Waals surface area (Å²) in [6.45, 7) is 4.94. The highest BCUT2D eigenvalue weighted by atomic mass is 32.2. The van der Waals surface area contributed by atoms with Crippen molar-refractivity contribution >= 4 is 46.0 Å². The van der Waals surface area contributed by atoms with E-state index in [-0.39, 0.29) is 11.6 Å². The number of carbonyl (C=O) groups is 1. The van der Waals surface area contributed by atoms with Gasteiger partial charge < -0.3 is 0 Å². The first-order valence-corrected chi connectivity index (χ1v) is 13.3. The van der Waals surface area contributed by atoms with E-state index in [0.717, 1.165) is 31.4 Å². The molecule has 7 nitrogen and oxygen atoms in total. The van der Waals surface area contributed by atoms with Crippen molar-refractivity contribution in [2.24, 2.45) is 5.92 Å². The highest BCUT2D eigenvalue weighted by molar-refractivity contribution is 8.26. The number of para-hydroxylation sites is 1. The third-order valence-corrected chi connectivity index (χ3v) is 7.62. The number of thioether (sulfide) groups is 1. The van der Waals surface area contributed by atoms with Crippen LogP contribution in [0.25, 0.3) is 23.0 Å². The number of carbonyl (C=O) groups excluding carboxylic acids is 1. The average Bonchev–Trinajstić information content (AvgIpc) is 3.43. The third-order valence-electron chi connectivity index (χ3n) is 6.24. The number of amides is 1. The molecule has 0 saturated carbocycles. The highest BCUT2D eigenvalue weighted by Gasteiger charge is 2.33. The molecule has 1 saturated heterocycles. The molecule has 9 heteroatoms. The Hall–Kier alpha value is -3.30. The molecule has 0 aliphatic carbocycles. The summed E-state index contributed by atoms with van der Waals surface area (Å²) in [6.07, 6.45) is 7.97. The van der Waals surface area contributed by atoms with Gasteiger partial charge in [0.1, 0.15) is 10.0 Å². The lowest BCUT2D eigenvalue weighted by atomic mass is 9.99. The molecule has 1 atom stereocenters. The fourth-order valence-corrected chi connectivity index (χ4v) is 5.44. The second-order valence-corrected chi connectivity index (χ2v) is 10.4. The van der Waals surface area contributed by atoms with Crippen LogP contribution in [0, 0.1) is 16.0 Å². The molecule has 1 fully saturated rings. The summed E-state index contributed by atoms with van der Waals surface area (Å²) in [5.74, 6) is 0.311. The molecule has 2 aromatic carbocycles. The van der Waals surface area contributed by atoms with E-state index < -0.39 is 4.92 Å². The Labute approximate surface area is 220 Å². The zero-order valence-electron chi connectivity index (χ0n) is 20.3. The fourth-order valence-electron chi connectivity index (χ4n) is 4.17. The molecule has 1 aliphatic rings. The predicted molar refractivity (Wildman–Crippen MR) is 149 cm³/mol. The van der Waals surface area contributed by atoms with Crippen molar-refractivity contribution < 1.29 is 9.72 Å². The van der Waals surface area contributed by atoms with Gasteiger partial charge in [0, 0.05) is 36.0 Å². The normalized spacial score (nSPS) is 15.6. The van der Waals surface area contributed by atoms with Crippen LogP contribution in [0.2, 0.25) is 0 Å². The second kappa shape index (κ2) is 11.6. The van der Waals surface area contributed by atoms with Crippen LogP contribution < -0.4 is 0 Å². The van der Waals surface area contributed by atoms with Crippen molar-refractivity contribution in [3.63, 3.8) is 0 Å². The number of hydrogen-bond acceptors (Lipinski definition) is 6. The van der Waals surface area contributed by atoms with Gasteiger partial charge in [0.2, 0.25) is 0 Å². The standard InChI is InChI=1S/C27H28N4O3S2/c1-3-5-10-19(4-2)17-29-26(32)24(36-27(29)35)16-21-18-30(22-12-7-6-8-13-22)28-25(21)20-11-9-14-23(15-20)31(33)34/h6-9,11-16,18-19H,3-5,10,17H2,1-2H3/b24-16-/t19-/m0/s1. The summed E-state index contributed by atoms with van der Waals surface area (Å²) in [7, 11) is 0. The Bertz CT molecular complexity index is 1300. The van der Waals surface area contributed by atoms with Gasteiger partial charge in [-0.05, 0) is 30.5 Å². The zero-order chi connectivity index (χ0) is 25.7. The lowest BCUT2D eigenvalue weighted by Gasteiger charge is -2.21. The average molecular weight is 521 g/mol. The monoisotopic (exact) mass is 520 g/mol.